The molecule has 2 N–H and O–H groups in total. The first-order valence-corrected chi connectivity index (χ1v) is 16.3. The molecule has 0 saturated carbocycles. The van der Waals surface area contributed by atoms with E-state index in [0.717, 1.165) is 5.56 Å². The van der Waals surface area contributed by atoms with Crippen LogP contribution in [0.4, 0.5) is 0 Å². The minimum Gasteiger partial charge on any atom is -0.463 e. The molecule has 252 valence electrons. The third-order valence-electron chi connectivity index (χ3n) is 9.43. The number of benzene rings is 1. The van der Waals surface area contributed by atoms with E-state index in [2.05, 4.69) is 39.2 Å². The molecular formula is C36H51N3O7. The number of carbonyl (C=O) groups is 4. The summed E-state index contributed by atoms with van der Waals surface area (Å²) in [5.41, 5.74) is -1.11. The van der Waals surface area contributed by atoms with E-state index in [9.17, 15) is 24.3 Å². The standard InChI is InChI=1S/C36H51N3O7/c1-8-10-16-27(41)45-22-25(24-14-12-11-13-15-24)37-31(42)28-26-17-18-36(46-26)29(28)32(43)38(20-21-40)30(36)33(44)39(19-9-2)35(6,7)23-34(3,4)5/h8-9,11-15,25-26,28-30,40H,1-2,10,16-23H2,3-7H3,(H,37,42)/t25-,26+,28-,29-,30+,36-/m1/s1. The van der Waals surface area contributed by atoms with Crippen molar-refractivity contribution >= 4 is 23.7 Å². The van der Waals surface area contributed by atoms with Gasteiger partial charge in [-0.1, -0.05) is 63.3 Å². The van der Waals surface area contributed by atoms with Crippen LogP contribution in [0, 0.1) is 17.3 Å². The highest BCUT2D eigenvalue weighted by molar-refractivity contribution is 5.99. The van der Waals surface area contributed by atoms with Crippen molar-refractivity contribution in [1.82, 2.24) is 15.1 Å². The molecule has 1 aromatic carbocycles. The van der Waals surface area contributed by atoms with E-state index in [0.29, 0.717) is 25.7 Å². The predicted octanol–water partition coefficient (Wildman–Crippen LogP) is 3.95. The lowest BCUT2D eigenvalue weighted by atomic mass is 9.70. The maximum atomic E-state index is 14.7. The summed E-state index contributed by atoms with van der Waals surface area (Å²) in [4.78, 5) is 58.5. The number of allylic oxidation sites excluding steroid dienone is 1. The van der Waals surface area contributed by atoms with Crippen LogP contribution >= 0.6 is 0 Å². The smallest absolute Gasteiger partial charge is 0.306 e. The van der Waals surface area contributed by atoms with Crippen LogP contribution in [-0.4, -0.2) is 88.2 Å². The number of aliphatic hydroxyl groups excluding tert-OH is 1. The highest BCUT2D eigenvalue weighted by Crippen LogP contribution is 2.59. The summed E-state index contributed by atoms with van der Waals surface area (Å²) < 4.78 is 12.1. The van der Waals surface area contributed by atoms with Crippen molar-refractivity contribution in [3.8, 4) is 0 Å². The van der Waals surface area contributed by atoms with Crippen molar-refractivity contribution in [3.05, 3.63) is 61.2 Å². The first kappa shape index (κ1) is 35.4. The Morgan fingerprint density at radius 1 is 1.17 bits per heavy atom. The van der Waals surface area contributed by atoms with Crippen LogP contribution in [0.15, 0.2) is 55.6 Å². The Morgan fingerprint density at radius 2 is 1.87 bits per heavy atom. The molecule has 3 aliphatic rings. The maximum absolute atomic E-state index is 14.7. The molecular weight excluding hydrogens is 586 g/mol. The number of hydrogen-bond donors (Lipinski definition) is 2. The van der Waals surface area contributed by atoms with Gasteiger partial charge in [0.2, 0.25) is 17.7 Å². The predicted molar refractivity (Wildman–Crippen MR) is 174 cm³/mol. The number of rotatable bonds is 15. The molecule has 46 heavy (non-hydrogen) atoms. The van der Waals surface area contributed by atoms with Crippen molar-refractivity contribution in [2.45, 2.75) is 96.1 Å². The molecule has 0 radical (unpaired) electrons. The van der Waals surface area contributed by atoms with Crippen LogP contribution in [0.3, 0.4) is 0 Å². The van der Waals surface area contributed by atoms with Gasteiger partial charge in [0.15, 0.2) is 0 Å². The van der Waals surface area contributed by atoms with Gasteiger partial charge >= 0.3 is 5.97 Å². The van der Waals surface area contributed by atoms with Gasteiger partial charge in [-0.3, -0.25) is 19.2 Å². The number of likely N-dealkylation sites (tertiary alicyclic amines) is 1. The Labute approximate surface area is 273 Å². The second-order valence-electron chi connectivity index (χ2n) is 14.6. The van der Waals surface area contributed by atoms with Crippen LogP contribution in [0.2, 0.25) is 0 Å². The third kappa shape index (κ3) is 7.08. The molecule has 0 aromatic heterocycles. The van der Waals surface area contributed by atoms with E-state index in [4.69, 9.17) is 9.47 Å². The lowest BCUT2D eigenvalue weighted by Crippen LogP contribution is -2.61. The molecule has 3 fully saturated rings. The molecule has 0 aliphatic carbocycles. The van der Waals surface area contributed by atoms with E-state index < -0.39 is 53.0 Å². The average Bonchev–Trinajstić information content (AvgIpc) is 3.63. The minimum absolute atomic E-state index is 0.0508. The highest BCUT2D eigenvalue weighted by atomic mass is 16.5. The zero-order valence-electron chi connectivity index (χ0n) is 28.0. The van der Waals surface area contributed by atoms with Crippen LogP contribution < -0.4 is 5.32 Å². The number of aliphatic hydroxyl groups is 1. The van der Waals surface area contributed by atoms with Gasteiger partial charge < -0.3 is 29.7 Å². The lowest BCUT2D eigenvalue weighted by molar-refractivity contribution is -0.153. The van der Waals surface area contributed by atoms with Crippen LogP contribution in [-0.2, 0) is 28.7 Å². The number of esters is 1. The summed E-state index contributed by atoms with van der Waals surface area (Å²) in [5.74, 6) is -3.17. The van der Waals surface area contributed by atoms with Crippen molar-refractivity contribution in [2.24, 2.45) is 17.3 Å². The molecule has 1 spiro atoms. The molecule has 10 heteroatoms. The monoisotopic (exact) mass is 637 g/mol. The Bertz CT molecular complexity index is 1310. The molecule has 2 bridgehead atoms. The first-order valence-electron chi connectivity index (χ1n) is 16.3. The molecule has 3 aliphatic heterocycles. The van der Waals surface area contributed by atoms with Gasteiger partial charge in [-0.15, -0.1) is 13.2 Å². The molecule has 6 atom stereocenters. The summed E-state index contributed by atoms with van der Waals surface area (Å²) >= 11 is 0. The average molecular weight is 638 g/mol. The summed E-state index contributed by atoms with van der Waals surface area (Å²) in [6.45, 7) is 17.7. The SMILES string of the molecule is C=CCCC(=O)OC[C@@H](NC(=O)[C@@H]1[C@@H]2CC[C@]3(O2)[C@H](C(=O)N(CC=C)C(C)(C)CC(C)(C)C)N(CCO)C(=O)[C@@H]13)c1ccccc1. The number of β-amino-alcohol motifs (C(OH)–C–C–N with tert-alkyl or cyclic N) is 1. The normalized spacial score (nSPS) is 26.0. The summed E-state index contributed by atoms with van der Waals surface area (Å²) in [7, 11) is 0. The van der Waals surface area contributed by atoms with Crippen molar-refractivity contribution in [1.29, 1.82) is 0 Å². The van der Waals surface area contributed by atoms with E-state index >= 15 is 0 Å². The molecule has 3 amide bonds. The van der Waals surface area contributed by atoms with E-state index in [1.165, 1.54) is 4.90 Å². The number of amides is 3. The second-order valence-corrected chi connectivity index (χ2v) is 14.6. The third-order valence-corrected chi connectivity index (χ3v) is 9.43. The van der Waals surface area contributed by atoms with Gasteiger partial charge in [0.05, 0.1) is 30.6 Å². The highest BCUT2D eigenvalue weighted by Gasteiger charge is 2.74. The molecule has 4 rings (SSSR count). The quantitative estimate of drug-likeness (QED) is 0.220. The second kappa shape index (κ2) is 14.1. The zero-order valence-corrected chi connectivity index (χ0v) is 28.0. The largest absolute Gasteiger partial charge is 0.463 e. The number of ether oxygens (including phenoxy) is 2. The molecule has 3 heterocycles. The molecule has 10 nitrogen and oxygen atoms in total. The van der Waals surface area contributed by atoms with Crippen molar-refractivity contribution in [2.75, 3.05) is 26.3 Å². The van der Waals surface area contributed by atoms with E-state index in [1.54, 1.807) is 17.1 Å². The van der Waals surface area contributed by atoms with Crippen LogP contribution in [0.1, 0.15) is 78.3 Å². The van der Waals surface area contributed by atoms with Gasteiger partial charge in [-0.2, -0.15) is 0 Å². The van der Waals surface area contributed by atoms with Crippen molar-refractivity contribution in [3.63, 3.8) is 0 Å². The topological polar surface area (TPSA) is 125 Å². The number of hydrogen-bond acceptors (Lipinski definition) is 7. The number of fused-ring (bicyclic) bond motifs is 1. The van der Waals surface area contributed by atoms with Crippen LogP contribution in [0.5, 0.6) is 0 Å². The van der Waals surface area contributed by atoms with Gasteiger partial charge in [-0.25, -0.2) is 0 Å². The first-order chi connectivity index (χ1) is 21.7. The zero-order chi connectivity index (χ0) is 33.9. The summed E-state index contributed by atoms with van der Waals surface area (Å²) in [6.07, 6.45) is 5.09. The Kier molecular flexibility index (Phi) is 10.8. The molecule has 0 unspecified atom stereocenters. The fourth-order valence-electron chi connectivity index (χ4n) is 8.03. The van der Waals surface area contributed by atoms with Gasteiger partial charge in [0, 0.05) is 25.0 Å². The van der Waals surface area contributed by atoms with E-state index in [1.807, 2.05) is 44.2 Å². The van der Waals surface area contributed by atoms with Crippen molar-refractivity contribution < 1.29 is 33.8 Å². The Morgan fingerprint density at radius 3 is 2.48 bits per heavy atom. The summed E-state index contributed by atoms with van der Waals surface area (Å²) in [5, 5.41) is 13.0. The lowest BCUT2D eigenvalue weighted by Gasteiger charge is -2.45. The fraction of sp³-hybridized carbons (Fsp3) is 0.611. The minimum atomic E-state index is -1.20. The van der Waals surface area contributed by atoms with Gasteiger partial charge in [0.25, 0.3) is 0 Å². The Balaban J connectivity index is 1.64. The van der Waals surface area contributed by atoms with Crippen LogP contribution in [0.25, 0.3) is 0 Å². The number of nitrogens with one attached hydrogen (secondary N) is 1. The van der Waals surface area contributed by atoms with E-state index in [-0.39, 0.29) is 50.0 Å². The maximum Gasteiger partial charge on any atom is 0.306 e. The fourth-order valence-corrected chi connectivity index (χ4v) is 8.03. The molecule has 1 aromatic rings. The molecule has 3 saturated heterocycles. The summed E-state index contributed by atoms with van der Waals surface area (Å²) in [6, 6.07) is 7.57. The van der Waals surface area contributed by atoms with Gasteiger partial charge in [-0.05, 0) is 50.5 Å². The number of nitrogens with zero attached hydrogens (tertiary/aromatic N) is 2. The Hall–Kier alpha value is -3.50. The van der Waals surface area contributed by atoms with Gasteiger partial charge in [0.1, 0.15) is 18.2 Å². The number of carbonyl (C=O) groups excluding carboxylic acids is 4.